The summed E-state index contributed by atoms with van der Waals surface area (Å²) in [6.07, 6.45) is 0.908. The Balaban J connectivity index is 1.40. The van der Waals surface area contributed by atoms with Gasteiger partial charge in [-0.2, -0.15) is 5.10 Å². The molecule has 0 bridgehead atoms. The maximum absolute atomic E-state index is 13.6. The lowest BCUT2D eigenvalue weighted by atomic mass is 10.1. The fraction of sp³-hybridized carbons (Fsp3) is 0.360. The van der Waals surface area contributed by atoms with E-state index in [1.165, 1.54) is 5.56 Å². The van der Waals surface area contributed by atoms with Gasteiger partial charge in [0.1, 0.15) is 0 Å². The normalized spacial score (nSPS) is 18.8. The molecule has 31 heavy (non-hydrogen) atoms. The van der Waals surface area contributed by atoms with Crippen LogP contribution in [0.4, 0.5) is 0 Å². The summed E-state index contributed by atoms with van der Waals surface area (Å²) in [5.74, 6) is 2.05. The van der Waals surface area contributed by atoms with E-state index in [4.69, 9.17) is 9.47 Å². The first kappa shape index (κ1) is 19.7. The number of hydrogen-bond acceptors (Lipinski definition) is 4. The summed E-state index contributed by atoms with van der Waals surface area (Å²) < 4.78 is 12.9. The van der Waals surface area contributed by atoms with E-state index in [0.29, 0.717) is 19.0 Å². The highest BCUT2D eigenvalue weighted by molar-refractivity contribution is 5.83. The van der Waals surface area contributed by atoms with Crippen molar-refractivity contribution in [1.29, 1.82) is 0 Å². The highest BCUT2D eigenvalue weighted by atomic mass is 16.7. The molecule has 6 heteroatoms. The van der Waals surface area contributed by atoms with Crippen LogP contribution in [0.1, 0.15) is 40.4 Å². The number of carbonyl (C=O) groups is 1. The minimum absolute atomic E-state index is 0.0358. The summed E-state index contributed by atoms with van der Waals surface area (Å²) in [6.45, 7) is 5.40. The maximum Gasteiger partial charge on any atom is 0.231 e. The van der Waals surface area contributed by atoms with Crippen LogP contribution in [0, 0.1) is 19.8 Å². The highest BCUT2D eigenvalue weighted by Gasteiger charge is 2.45. The van der Waals surface area contributed by atoms with Crippen molar-refractivity contribution in [2.45, 2.75) is 39.3 Å². The number of benzene rings is 2. The van der Waals surface area contributed by atoms with E-state index < -0.39 is 0 Å². The molecule has 1 fully saturated rings. The third-order valence-electron chi connectivity index (χ3n) is 6.47. The summed E-state index contributed by atoms with van der Waals surface area (Å²) in [6, 6.07) is 16.3. The number of amides is 1. The predicted octanol–water partition coefficient (Wildman–Crippen LogP) is 4.10. The quantitative estimate of drug-likeness (QED) is 0.606. The summed E-state index contributed by atoms with van der Waals surface area (Å²) in [4.78, 5) is 15.6. The van der Waals surface area contributed by atoms with Crippen LogP contribution in [0.15, 0.2) is 48.5 Å². The van der Waals surface area contributed by atoms with Crippen LogP contribution < -0.4 is 9.47 Å². The number of nitrogens with zero attached hydrogens (tertiary/aromatic N) is 3. The van der Waals surface area contributed by atoms with Gasteiger partial charge in [-0.3, -0.25) is 9.48 Å². The zero-order valence-corrected chi connectivity index (χ0v) is 18.2. The van der Waals surface area contributed by atoms with Gasteiger partial charge in [0.25, 0.3) is 0 Å². The highest BCUT2D eigenvalue weighted by Crippen LogP contribution is 2.48. The zero-order valence-electron chi connectivity index (χ0n) is 18.2. The first-order valence-electron chi connectivity index (χ1n) is 10.7. The molecule has 1 aromatic heterocycles. The zero-order chi connectivity index (χ0) is 21.5. The molecule has 0 unspecified atom stereocenters. The van der Waals surface area contributed by atoms with Crippen molar-refractivity contribution < 1.29 is 14.3 Å². The molecular formula is C25H27N3O3. The van der Waals surface area contributed by atoms with E-state index >= 15 is 0 Å². The SMILES string of the molecule is Cc1nn(C)c(C)c1CN(Cc1ccc2c(c1)OCO2)C(=O)[C@@H]1C[C@H]1c1ccccc1. The molecule has 5 rings (SSSR count). The smallest absolute Gasteiger partial charge is 0.231 e. The molecule has 0 saturated heterocycles. The maximum atomic E-state index is 13.6. The summed E-state index contributed by atoms with van der Waals surface area (Å²) in [7, 11) is 1.95. The van der Waals surface area contributed by atoms with Gasteiger partial charge in [-0.05, 0) is 49.4 Å². The van der Waals surface area contributed by atoms with Gasteiger partial charge in [0.05, 0.1) is 5.69 Å². The molecule has 2 aliphatic rings. The Morgan fingerprint density at radius 1 is 1.10 bits per heavy atom. The van der Waals surface area contributed by atoms with Gasteiger partial charge in [-0.1, -0.05) is 36.4 Å². The fourth-order valence-corrected chi connectivity index (χ4v) is 4.48. The van der Waals surface area contributed by atoms with Gasteiger partial charge in [-0.15, -0.1) is 0 Å². The van der Waals surface area contributed by atoms with Gasteiger partial charge in [0, 0.05) is 37.3 Å². The molecule has 3 aromatic rings. The summed E-state index contributed by atoms with van der Waals surface area (Å²) in [5, 5.41) is 4.54. The van der Waals surface area contributed by atoms with Crippen LogP contribution in [0.2, 0.25) is 0 Å². The Bertz CT molecular complexity index is 1120. The van der Waals surface area contributed by atoms with Crippen molar-refractivity contribution in [2.75, 3.05) is 6.79 Å². The number of fused-ring (bicyclic) bond motifs is 1. The van der Waals surface area contributed by atoms with E-state index in [-0.39, 0.29) is 18.6 Å². The van der Waals surface area contributed by atoms with E-state index in [1.54, 1.807) is 0 Å². The Morgan fingerprint density at radius 3 is 2.61 bits per heavy atom. The molecule has 1 aliphatic carbocycles. The van der Waals surface area contributed by atoms with Gasteiger partial charge in [-0.25, -0.2) is 0 Å². The molecule has 0 radical (unpaired) electrons. The van der Waals surface area contributed by atoms with Crippen molar-refractivity contribution in [1.82, 2.24) is 14.7 Å². The Labute approximate surface area is 182 Å². The number of hydrogen-bond donors (Lipinski definition) is 0. The van der Waals surface area contributed by atoms with Crippen LogP contribution in [-0.4, -0.2) is 27.4 Å². The first-order chi connectivity index (χ1) is 15.0. The summed E-state index contributed by atoms with van der Waals surface area (Å²) in [5.41, 5.74) is 5.47. The summed E-state index contributed by atoms with van der Waals surface area (Å²) >= 11 is 0. The van der Waals surface area contributed by atoms with Gasteiger partial charge in [0.2, 0.25) is 12.7 Å². The average molecular weight is 418 g/mol. The van der Waals surface area contributed by atoms with Crippen molar-refractivity contribution in [3.05, 3.63) is 76.6 Å². The van der Waals surface area contributed by atoms with E-state index in [0.717, 1.165) is 40.4 Å². The molecule has 1 aliphatic heterocycles. The minimum Gasteiger partial charge on any atom is -0.454 e. The molecule has 0 N–H and O–H groups in total. The Morgan fingerprint density at radius 2 is 1.87 bits per heavy atom. The first-order valence-corrected chi connectivity index (χ1v) is 10.7. The van der Waals surface area contributed by atoms with E-state index in [9.17, 15) is 4.79 Å². The van der Waals surface area contributed by atoms with Crippen LogP contribution in [0.3, 0.4) is 0 Å². The monoisotopic (exact) mass is 417 g/mol. The van der Waals surface area contributed by atoms with Crippen molar-refractivity contribution in [3.63, 3.8) is 0 Å². The topological polar surface area (TPSA) is 56.6 Å². The number of carbonyl (C=O) groups excluding carboxylic acids is 1. The van der Waals surface area contributed by atoms with Gasteiger partial charge >= 0.3 is 0 Å². The molecule has 2 atom stereocenters. The standard InChI is InChI=1S/C25H27N3O3/c1-16-22(17(2)27(3)26-16)14-28(13-18-9-10-23-24(11-18)31-15-30-23)25(29)21-12-20(21)19-7-5-4-6-8-19/h4-11,20-21H,12-15H2,1-3H3/t20-,21+/m0/s1. The largest absolute Gasteiger partial charge is 0.454 e. The number of ether oxygens (including phenoxy) is 2. The number of rotatable bonds is 6. The molecule has 2 aromatic carbocycles. The minimum atomic E-state index is 0.0358. The van der Waals surface area contributed by atoms with Crippen LogP contribution in [0.25, 0.3) is 0 Å². The molecular weight excluding hydrogens is 390 g/mol. The third-order valence-corrected chi connectivity index (χ3v) is 6.47. The Hall–Kier alpha value is -3.28. The van der Waals surface area contributed by atoms with Crippen LogP contribution >= 0.6 is 0 Å². The molecule has 2 heterocycles. The van der Waals surface area contributed by atoms with Crippen molar-refractivity contribution >= 4 is 5.91 Å². The lowest BCUT2D eigenvalue weighted by molar-refractivity contribution is -0.134. The number of aryl methyl sites for hydroxylation is 2. The Kier molecular flexibility index (Phi) is 4.93. The second-order valence-corrected chi connectivity index (χ2v) is 8.51. The van der Waals surface area contributed by atoms with Crippen LogP contribution in [-0.2, 0) is 24.9 Å². The lowest BCUT2D eigenvalue weighted by Crippen LogP contribution is -2.32. The van der Waals surface area contributed by atoms with E-state index in [2.05, 4.69) is 24.2 Å². The second kappa shape index (κ2) is 7.76. The van der Waals surface area contributed by atoms with Gasteiger partial charge in [0.15, 0.2) is 11.5 Å². The van der Waals surface area contributed by atoms with Crippen LogP contribution in [0.5, 0.6) is 11.5 Å². The fourth-order valence-electron chi connectivity index (χ4n) is 4.48. The van der Waals surface area contributed by atoms with Crippen molar-refractivity contribution in [2.24, 2.45) is 13.0 Å². The molecule has 1 amide bonds. The average Bonchev–Trinajstić information content (AvgIpc) is 3.38. The molecule has 160 valence electrons. The van der Waals surface area contributed by atoms with Gasteiger partial charge < -0.3 is 14.4 Å². The third kappa shape index (κ3) is 3.78. The van der Waals surface area contributed by atoms with Crippen molar-refractivity contribution in [3.8, 4) is 11.5 Å². The molecule has 6 nitrogen and oxygen atoms in total. The second-order valence-electron chi connectivity index (χ2n) is 8.51. The molecule has 0 spiro atoms. The lowest BCUT2D eigenvalue weighted by Gasteiger charge is -2.24. The molecule has 1 saturated carbocycles. The number of aromatic nitrogens is 2. The van der Waals surface area contributed by atoms with E-state index in [1.807, 2.05) is 60.0 Å². The predicted molar refractivity (Wildman–Crippen MR) is 117 cm³/mol.